The summed E-state index contributed by atoms with van der Waals surface area (Å²) in [5.41, 5.74) is 0.829. The van der Waals surface area contributed by atoms with Crippen molar-refractivity contribution >= 4 is 23.5 Å². The zero-order valence-corrected chi connectivity index (χ0v) is 14.3. The summed E-state index contributed by atoms with van der Waals surface area (Å²) in [6, 6.07) is 12.5. The van der Waals surface area contributed by atoms with E-state index in [1.54, 1.807) is 31.2 Å². The lowest BCUT2D eigenvalue weighted by Gasteiger charge is -2.14. The van der Waals surface area contributed by atoms with E-state index in [1.807, 2.05) is 6.07 Å². The number of amides is 1. The molecule has 0 aliphatic carbocycles. The van der Waals surface area contributed by atoms with Crippen molar-refractivity contribution in [3.05, 3.63) is 64.9 Å². The summed E-state index contributed by atoms with van der Waals surface area (Å²) in [5, 5.41) is 3.25. The van der Waals surface area contributed by atoms with Crippen LogP contribution in [0.15, 0.2) is 48.5 Å². The van der Waals surface area contributed by atoms with Gasteiger partial charge in [0.15, 0.2) is 24.8 Å². The van der Waals surface area contributed by atoms with Gasteiger partial charge in [-0.05, 0) is 36.8 Å². The number of hydrogen-bond acceptors (Lipinski definition) is 4. The van der Waals surface area contributed by atoms with Crippen molar-refractivity contribution in [3.63, 3.8) is 0 Å². The SMILES string of the molecule is C[C@H](NC(=O)COC(=O)COc1ccccc1F)c1cccc(Cl)c1. The quantitative estimate of drug-likeness (QED) is 0.765. The Morgan fingerprint density at radius 2 is 1.92 bits per heavy atom. The van der Waals surface area contributed by atoms with Gasteiger partial charge in [0.25, 0.3) is 5.91 Å². The maximum absolute atomic E-state index is 13.3. The van der Waals surface area contributed by atoms with Gasteiger partial charge >= 0.3 is 5.97 Å². The average Bonchev–Trinajstić information content (AvgIpc) is 2.59. The summed E-state index contributed by atoms with van der Waals surface area (Å²) in [6.07, 6.45) is 0. The first-order chi connectivity index (χ1) is 12.0. The molecule has 2 rings (SSSR count). The van der Waals surface area contributed by atoms with Gasteiger partial charge in [0.2, 0.25) is 0 Å². The second kappa shape index (κ2) is 9.03. The molecule has 1 amide bonds. The van der Waals surface area contributed by atoms with Gasteiger partial charge in [0.05, 0.1) is 6.04 Å². The van der Waals surface area contributed by atoms with E-state index in [0.29, 0.717) is 5.02 Å². The van der Waals surface area contributed by atoms with Crippen molar-refractivity contribution in [1.29, 1.82) is 0 Å². The minimum atomic E-state index is -0.770. The van der Waals surface area contributed by atoms with E-state index < -0.39 is 30.9 Å². The third kappa shape index (κ3) is 6.08. The van der Waals surface area contributed by atoms with Gasteiger partial charge in [-0.1, -0.05) is 35.9 Å². The summed E-state index contributed by atoms with van der Waals surface area (Å²) < 4.78 is 23.1. The van der Waals surface area contributed by atoms with E-state index in [9.17, 15) is 14.0 Å². The molecule has 0 saturated carbocycles. The Kier molecular flexibility index (Phi) is 6.77. The molecule has 0 fully saturated rings. The first kappa shape index (κ1) is 18.7. The van der Waals surface area contributed by atoms with E-state index in [4.69, 9.17) is 21.1 Å². The highest BCUT2D eigenvalue weighted by Gasteiger charge is 2.13. The van der Waals surface area contributed by atoms with Crippen LogP contribution in [0.4, 0.5) is 4.39 Å². The molecule has 0 radical (unpaired) electrons. The molecule has 0 saturated heterocycles. The van der Waals surface area contributed by atoms with Crippen LogP contribution in [0.5, 0.6) is 5.75 Å². The highest BCUT2D eigenvalue weighted by molar-refractivity contribution is 6.30. The first-order valence-electron chi connectivity index (χ1n) is 7.53. The molecule has 0 spiro atoms. The number of benzene rings is 2. The predicted octanol–water partition coefficient (Wildman–Crippen LogP) is 3.28. The van der Waals surface area contributed by atoms with Crippen LogP contribution in [0, 0.1) is 5.82 Å². The standard InChI is InChI=1S/C18H17ClFNO4/c1-12(13-5-4-6-14(19)9-13)21-17(22)10-25-18(23)11-24-16-8-3-2-7-15(16)20/h2-9,12H,10-11H2,1H3,(H,21,22)/t12-/m0/s1. The number of halogens is 2. The Morgan fingerprint density at radius 3 is 2.64 bits per heavy atom. The number of rotatable bonds is 7. The molecule has 1 N–H and O–H groups in total. The Hall–Kier alpha value is -2.60. The minimum absolute atomic E-state index is 0.0570. The van der Waals surface area contributed by atoms with Crippen LogP contribution in [-0.2, 0) is 14.3 Å². The largest absolute Gasteiger partial charge is 0.479 e. The molecule has 0 aliphatic rings. The maximum Gasteiger partial charge on any atom is 0.344 e. The molecule has 0 unspecified atom stereocenters. The van der Waals surface area contributed by atoms with E-state index in [2.05, 4.69) is 5.32 Å². The molecule has 0 aromatic heterocycles. The third-order valence-corrected chi connectivity index (χ3v) is 3.51. The van der Waals surface area contributed by atoms with Crippen molar-refractivity contribution < 1.29 is 23.5 Å². The van der Waals surface area contributed by atoms with E-state index >= 15 is 0 Å². The molecule has 0 heterocycles. The molecular formula is C18H17ClFNO4. The van der Waals surface area contributed by atoms with Crippen molar-refractivity contribution in [2.75, 3.05) is 13.2 Å². The monoisotopic (exact) mass is 365 g/mol. The minimum Gasteiger partial charge on any atom is -0.479 e. The van der Waals surface area contributed by atoms with E-state index in [-0.39, 0.29) is 11.8 Å². The Balaban J connectivity index is 1.74. The van der Waals surface area contributed by atoms with E-state index in [1.165, 1.54) is 18.2 Å². The zero-order chi connectivity index (χ0) is 18.2. The molecule has 25 heavy (non-hydrogen) atoms. The number of carbonyl (C=O) groups excluding carboxylic acids is 2. The van der Waals surface area contributed by atoms with Gasteiger partial charge in [-0.3, -0.25) is 4.79 Å². The summed E-state index contributed by atoms with van der Waals surface area (Å²) in [5.74, 6) is -1.87. The molecule has 1 atom stereocenters. The lowest BCUT2D eigenvalue weighted by Crippen LogP contribution is -2.32. The van der Waals surface area contributed by atoms with Crippen molar-refractivity contribution in [2.24, 2.45) is 0 Å². The normalized spacial score (nSPS) is 11.5. The van der Waals surface area contributed by atoms with Gasteiger partial charge in [-0.25, -0.2) is 9.18 Å². The van der Waals surface area contributed by atoms with Crippen LogP contribution < -0.4 is 10.1 Å². The summed E-state index contributed by atoms with van der Waals surface area (Å²) in [6.45, 7) is 0.842. The average molecular weight is 366 g/mol. The van der Waals surface area contributed by atoms with Crippen molar-refractivity contribution in [2.45, 2.75) is 13.0 Å². The second-order valence-electron chi connectivity index (χ2n) is 5.22. The topological polar surface area (TPSA) is 64.6 Å². The lowest BCUT2D eigenvalue weighted by molar-refractivity contribution is -0.150. The molecule has 7 heteroatoms. The van der Waals surface area contributed by atoms with Crippen molar-refractivity contribution in [1.82, 2.24) is 5.32 Å². The first-order valence-corrected chi connectivity index (χ1v) is 7.91. The Morgan fingerprint density at radius 1 is 1.16 bits per heavy atom. The van der Waals surface area contributed by atoms with Gasteiger partial charge in [-0.15, -0.1) is 0 Å². The number of ether oxygens (including phenoxy) is 2. The maximum atomic E-state index is 13.3. The summed E-state index contributed by atoms with van der Waals surface area (Å²) in [4.78, 5) is 23.4. The van der Waals surface area contributed by atoms with Crippen LogP contribution >= 0.6 is 11.6 Å². The molecule has 132 valence electrons. The molecular weight excluding hydrogens is 349 g/mol. The van der Waals surface area contributed by atoms with E-state index in [0.717, 1.165) is 5.56 Å². The van der Waals surface area contributed by atoms with Crippen LogP contribution in [0.2, 0.25) is 5.02 Å². The zero-order valence-electron chi connectivity index (χ0n) is 13.5. The van der Waals surface area contributed by atoms with Crippen molar-refractivity contribution in [3.8, 4) is 5.75 Å². The Bertz CT molecular complexity index is 753. The third-order valence-electron chi connectivity index (χ3n) is 3.27. The van der Waals surface area contributed by atoms with Crippen LogP contribution in [0.1, 0.15) is 18.5 Å². The van der Waals surface area contributed by atoms with Gasteiger partial charge in [0, 0.05) is 5.02 Å². The molecule has 0 bridgehead atoms. The number of para-hydroxylation sites is 1. The van der Waals surface area contributed by atoms with Crippen LogP contribution in [0.25, 0.3) is 0 Å². The highest BCUT2D eigenvalue weighted by Crippen LogP contribution is 2.17. The summed E-state index contributed by atoms with van der Waals surface area (Å²) in [7, 11) is 0. The Labute approximate surface area is 149 Å². The van der Waals surface area contributed by atoms with Crippen LogP contribution in [-0.4, -0.2) is 25.1 Å². The number of nitrogens with one attached hydrogen (secondary N) is 1. The fourth-order valence-electron chi connectivity index (χ4n) is 2.03. The van der Waals surface area contributed by atoms with Gasteiger partial charge in [-0.2, -0.15) is 0 Å². The smallest absolute Gasteiger partial charge is 0.344 e. The lowest BCUT2D eigenvalue weighted by atomic mass is 10.1. The molecule has 2 aromatic rings. The van der Waals surface area contributed by atoms with Gasteiger partial charge < -0.3 is 14.8 Å². The van der Waals surface area contributed by atoms with Crippen LogP contribution in [0.3, 0.4) is 0 Å². The number of carbonyl (C=O) groups is 2. The van der Waals surface area contributed by atoms with Gasteiger partial charge in [0.1, 0.15) is 0 Å². The number of hydrogen-bond donors (Lipinski definition) is 1. The fraction of sp³-hybridized carbons (Fsp3) is 0.222. The summed E-state index contributed by atoms with van der Waals surface area (Å²) >= 11 is 5.90. The molecule has 2 aromatic carbocycles. The fourth-order valence-corrected chi connectivity index (χ4v) is 2.23. The predicted molar refractivity (Wildman–Crippen MR) is 90.9 cm³/mol. The molecule has 5 nitrogen and oxygen atoms in total. The molecule has 0 aliphatic heterocycles. The second-order valence-corrected chi connectivity index (χ2v) is 5.66. The highest BCUT2D eigenvalue weighted by atomic mass is 35.5. The number of esters is 1.